The molecule has 1 heterocycles. The van der Waals surface area contributed by atoms with Crippen LogP contribution in [0.4, 0.5) is 0 Å². The molecule has 2 rings (SSSR count). The highest BCUT2D eigenvalue weighted by molar-refractivity contribution is 5.80. The van der Waals surface area contributed by atoms with Crippen molar-refractivity contribution in [1.82, 2.24) is 15.1 Å². The van der Waals surface area contributed by atoms with Gasteiger partial charge in [0.1, 0.15) is 0 Å². The second-order valence-corrected chi connectivity index (χ2v) is 5.06. The number of benzene rings is 1. The van der Waals surface area contributed by atoms with E-state index in [-0.39, 0.29) is 11.9 Å². The Morgan fingerprint density at radius 3 is 3.00 bits per heavy atom. The largest absolute Gasteiger partial charge is 0.354 e. The van der Waals surface area contributed by atoms with E-state index in [2.05, 4.69) is 42.5 Å². The number of carbonyl (C=O) groups excluding carboxylic acids is 1. The monoisotopic (exact) mass is 259 g/mol. The molecule has 0 bridgehead atoms. The molecule has 19 heavy (non-hydrogen) atoms. The molecule has 1 N–H and O–H groups in total. The quantitative estimate of drug-likeness (QED) is 0.897. The fraction of sp³-hybridized carbons (Fsp3) is 0.467. The third-order valence-corrected chi connectivity index (χ3v) is 3.37. The van der Waals surface area contributed by atoms with Gasteiger partial charge in [-0.15, -0.1) is 0 Å². The maximum Gasteiger partial charge on any atom is 0.222 e. The van der Waals surface area contributed by atoms with E-state index >= 15 is 0 Å². The van der Waals surface area contributed by atoms with Crippen LogP contribution in [0.1, 0.15) is 32.3 Å². The molecule has 0 radical (unpaired) electrons. The van der Waals surface area contributed by atoms with Gasteiger partial charge in [0, 0.05) is 17.8 Å². The van der Waals surface area contributed by atoms with Crippen LogP contribution in [0.2, 0.25) is 0 Å². The van der Waals surface area contributed by atoms with Crippen LogP contribution in [-0.4, -0.2) is 21.7 Å². The second kappa shape index (κ2) is 5.87. The maximum absolute atomic E-state index is 11.8. The molecule has 1 unspecified atom stereocenters. The van der Waals surface area contributed by atoms with Crippen molar-refractivity contribution in [2.75, 3.05) is 0 Å². The summed E-state index contributed by atoms with van der Waals surface area (Å²) in [7, 11) is 0. The first-order chi connectivity index (χ1) is 9.10. The lowest BCUT2D eigenvalue weighted by Crippen LogP contribution is -2.32. The average molecular weight is 259 g/mol. The molecule has 0 spiro atoms. The summed E-state index contributed by atoms with van der Waals surface area (Å²) in [6, 6.07) is 6.48. The minimum absolute atomic E-state index is 0.0886. The van der Waals surface area contributed by atoms with E-state index < -0.39 is 0 Å². The maximum atomic E-state index is 11.8. The first kappa shape index (κ1) is 13.6. The van der Waals surface area contributed by atoms with Gasteiger partial charge >= 0.3 is 0 Å². The fourth-order valence-electron chi connectivity index (χ4n) is 2.02. The van der Waals surface area contributed by atoms with Gasteiger partial charge in [-0.05, 0) is 31.9 Å². The Balaban J connectivity index is 2.02. The van der Waals surface area contributed by atoms with Gasteiger partial charge in [0.25, 0.3) is 0 Å². The van der Waals surface area contributed by atoms with Gasteiger partial charge in [0.2, 0.25) is 5.91 Å². The van der Waals surface area contributed by atoms with E-state index in [9.17, 15) is 4.79 Å². The first-order valence-electron chi connectivity index (χ1n) is 6.81. The Morgan fingerprint density at radius 2 is 2.26 bits per heavy atom. The van der Waals surface area contributed by atoms with Gasteiger partial charge < -0.3 is 5.32 Å². The standard InChI is InChI=1S/C15H21N3O/c1-4-12(3)17-15(19)7-8-18-14-9-11(2)5-6-13(14)10-16-18/h5-6,9-10,12H,4,7-8H2,1-3H3,(H,17,19). The molecule has 1 aromatic carbocycles. The van der Waals surface area contributed by atoms with Crippen molar-refractivity contribution < 1.29 is 4.79 Å². The first-order valence-corrected chi connectivity index (χ1v) is 6.81. The van der Waals surface area contributed by atoms with Gasteiger partial charge in [0.05, 0.1) is 18.3 Å². The van der Waals surface area contributed by atoms with Gasteiger partial charge in [-0.2, -0.15) is 5.10 Å². The van der Waals surface area contributed by atoms with E-state index in [1.54, 1.807) is 0 Å². The lowest BCUT2D eigenvalue weighted by molar-refractivity contribution is -0.121. The van der Waals surface area contributed by atoms with E-state index in [1.807, 2.05) is 17.8 Å². The molecule has 1 aromatic heterocycles. The predicted molar refractivity (Wildman–Crippen MR) is 77.0 cm³/mol. The molecule has 0 aliphatic carbocycles. The molecule has 4 nitrogen and oxygen atoms in total. The average Bonchev–Trinajstić information content (AvgIpc) is 2.78. The molecule has 0 fully saturated rings. The molecule has 1 amide bonds. The SMILES string of the molecule is CCC(C)NC(=O)CCn1ncc2ccc(C)cc21. The van der Waals surface area contributed by atoms with Crippen molar-refractivity contribution in [3.8, 4) is 0 Å². The summed E-state index contributed by atoms with van der Waals surface area (Å²) >= 11 is 0. The third kappa shape index (κ3) is 3.34. The van der Waals surface area contributed by atoms with E-state index in [0.29, 0.717) is 13.0 Å². The summed E-state index contributed by atoms with van der Waals surface area (Å²) in [4.78, 5) is 11.8. The number of nitrogens with zero attached hydrogens (tertiary/aromatic N) is 2. The van der Waals surface area contributed by atoms with Crippen molar-refractivity contribution in [1.29, 1.82) is 0 Å². The molecular formula is C15H21N3O. The van der Waals surface area contributed by atoms with Crippen LogP contribution in [0.5, 0.6) is 0 Å². The van der Waals surface area contributed by atoms with Gasteiger partial charge in [-0.3, -0.25) is 9.48 Å². The van der Waals surface area contributed by atoms with Crippen LogP contribution >= 0.6 is 0 Å². The summed E-state index contributed by atoms with van der Waals surface area (Å²) in [5.41, 5.74) is 2.30. The van der Waals surface area contributed by atoms with Crippen LogP contribution in [0.3, 0.4) is 0 Å². The van der Waals surface area contributed by atoms with Crippen LogP contribution in [0, 0.1) is 6.92 Å². The number of aryl methyl sites for hydroxylation is 2. The van der Waals surface area contributed by atoms with Gasteiger partial charge in [-0.1, -0.05) is 19.1 Å². The second-order valence-electron chi connectivity index (χ2n) is 5.06. The highest BCUT2D eigenvalue weighted by Gasteiger charge is 2.08. The van der Waals surface area contributed by atoms with Crippen LogP contribution in [-0.2, 0) is 11.3 Å². The summed E-state index contributed by atoms with van der Waals surface area (Å²) in [6.07, 6.45) is 3.27. The lowest BCUT2D eigenvalue weighted by Gasteiger charge is -2.11. The Hall–Kier alpha value is -1.84. The smallest absolute Gasteiger partial charge is 0.222 e. The van der Waals surface area contributed by atoms with Crippen molar-refractivity contribution in [3.05, 3.63) is 30.0 Å². The minimum atomic E-state index is 0.0886. The zero-order valence-corrected chi connectivity index (χ0v) is 11.8. The van der Waals surface area contributed by atoms with Crippen molar-refractivity contribution >= 4 is 16.8 Å². The molecular weight excluding hydrogens is 238 g/mol. The Kier molecular flexibility index (Phi) is 4.20. The van der Waals surface area contributed by atoms with Crippen LogP contribution < -0.4 is 5.32 Å². The zero-order chi connectivity index (χ0) is 13.8. The van der Waals surface area contributed by atoms with Gasteiger partial charge in [0.15, 0.2) is 0 Å². The molecule has 0 aliphatic heterocycles. The molecule has 4 heteroatoms. The van der Waals surface area contributed by atoms with E-state index in [1.165, 1.54) is 5.56 Å². The predicted octanol–water partition coefficient (Wildman–Crippen LogP) is 2.65. The number of carbonyl (C=O) groups is 1. The Labute approximate surface area is 113 Å². The molecule has 0 saturated heterocycles. The molecule has 2 aromatic rings. The summed E-state index contributed by atoms with van der Waals surface area (Å²) in [5, 5.41) is 8.43. The van der Waals surface area contributed by atoms with Gasteiger partial charge in [-0.25, -0.2) is 0 Å². The minimum Gasteiger partial charge on any atom is -0.354 e. The van der Waals surface area contributed by atoms with Crippen molar-refractivity contribution in [3.63, 3.8) is 0 Å². The summed E-state index contributed by atoms with van der Waals surface area (Å²) in [5.74, 6) is 0.0886. The highest BCUT2D eigenvalue weighted by Crippen LogP contribution is 2.15. The number of fused-ring (bicyclic) bond motifs is 1. The number of rotatable bonds is 5. The van der Waals surface area contributed by atoms with Crippen LogP contribution in [0.25, 0.3) is 10.9 Å². The Bertz CT molecular complexity index is 574. The molecule has 102 valence electrons. The molecule has 0 saturated carbocycles. The summed E-state index contributed by atoms with van der Waals surface area (Å²) in [6.45, 7) is 6.76. The van der Waals surface area contributed by atoms with E-state index in [0.717, 1.165) is 17.3 Å². The van der Waals surface area contributed by atoms with Crippen molar-refractivity contribution in [2.24, 2.45) is 0 Å². The number of nitrogens with one attached hydrogen (secondary N) is 1. The number of hydrogen-bond acceptors (Lipinski definition) is 2. The van der Waals surface area contributed by atoms with Crippen molar-refractivity contribution in [2.45, 2.75) is 46.2 Å². The van der Waals surface area contributed by atoms with E-state index in [4.69, 9.17) is 0 Å². The fourth-order valence-corrected chi connectivity index (χ4v) is 2.02. The lowest BCUT2D eigenvalue weighted by atomic mass is 10.2. The van der Waals surface area contributed by atoms with Crippen LogP contribution in [0.15, 0.2) is 24.4 Å². The highest BCUT2D eigenvalue weighted by atomic mass is 16.1. The zero-order valence-electron chi connectivity index (χ0n) is 11.8. The topological polar surface area (TPSA) is 46.9 Å². The molecule has 0 aliphatic rings. The molecule has 1 atom stereocenters. The number of amides is 1. The summed E-state index contributed by atoms with van der Waals surface area (Å²) < 4.78 is 1.90. The number of hydrogen-bond donors (Lipinski definition) is 1. The normalized spacial score (nSPS) is 12.6. The third-order valence-electron chi connectivity index (χ3n) is 3.37. The Morgan fingerprint density at radius 1 is 1.47 bits per heavy atom. The number of aromatic nitrogens is 2.